The number of methoxy groups -OCH3 is 1. The highest BCUT2D eigenvalue weighted by Gasteiger charge is 2.12. The van der Waals surface area contributed by atoms with E-state index in [0.29, 0.717) is 6.61 Å². The lowest BCUT2D eigenvalue weighted by Crippen LogP contribution is -2.05. The zero-order valence-electron chi connectivity index (χ0n) is 14.1. The highest BCUT2D eigenvalue weighted by Crippen LogP contribution is 2.28. The topological polar surface area (TPSA) is 39.9 Å². The third kappa shape index (κ3) is 3.25. The van der Waals surface area contributed by atoms with Crippen molar-refractivity contribution in [3.8, 4) is 0 Å². The van der Waals surface area contributed by atoms with Gasteiger partial charge in [0.15, 0.2) is 5.16 Å². The number of imidazole rings is 1. The maximum atomic E-state index is 5.27. The van der Waals surface area contributed by atoms with Gasteiger partial charge in [-0.05, 0) is 23.8 Å². The molecule has 25 heavy (non-hydrogen) atoms. The van der Waals surface area contributed by atoms with Crippen LogP contribution in [-0.2, 0) is 17.0 Å². The van der Waals surface area contributed by atoms with Crippen LogP contribution in [0.5, 0.6) is 0 Å². The van der Waals surface area contributed by atoms with Crippen molar-refractivity contribution in [3.63, 3.8) is 0 Å². The van der Waals surface area contributed by atoms with Gasteiger partial charge >= 0.3 is 0 Å². The molecular formula is C20H19N3OS. The van der Waals surface area contributed by atoms with Crippen molar-refractivity contribution in [2.75, 3.05) is 13.7 Å². The van der Waals surface area contributed by atoms with Gasteiger partial charge in [-0.3, -0.25) is 4.98 Å². The first-order chi connectivity index (χ1) is 12.4. The quantitative estimate of drug-likeness (QED) is 0.480. The number of rotatable bonds is 6. The molecule has 4 nitrogen and oxygen atoms in total. The number of para-hydroxylation sites is 3. The van der Waals surface area contributed by atoms with E-state index >= 15 is 0 Å². The van der Waals surface area contributed by atoms with Gasteiger partial charge in [0.05, 0.1) is 23.2 Å². The highest BCUT2D eigenvalue weighted by molar-refractivity contribution is 7.98. The molecule has 0 unspecified atom stereocenters. The van der Waals surface area contributed by atoms with Crippen LogP contribution >= 0.6 is 11.8 Å². The Morgan fingerprint density at radius 3 is 2.84 bits per heavy atom. The summed E-state index contributed by atoms with van der Waals surface area (Å²) in [7, 11) is 1.73. The summed E-state index contributed by atoms with van der Waals surface area (Å²) in [6.07, 6.45) is 1.85. The summed E-state index contributed by atoms with van der Waals surface area (Å²) in [5, 5.41) is 2.19. The number of hydrogen-bond donors (Lipinski definition) is 0. The summed E-state index contributed by atoms with van der Waals surface area (Å²) < 4.78 is 7.51. The van der Waals surface area contributed by atoms with E-state index in [1.165, 1.54) is 10.9 Å². The van der Waals surface area contributed by atoms with Crippen LogP contribution in [0, 0.1) is 0 Å². The molecule has 126 valence electrons. The third-order valence-corrected chi connectivity index (χ3v) is 5.24. The molecule has 0 bridgehead atoms. The number of ether oxygens (including phenoxy) is 1. The number of hydrogen-bond acceptors (Lipinski definition) is 4. The predicted molar refractivity (Wildman–Crippen MR) is 103 cm³/mol. The molecule has 0 atom stereocenters. The van der Waals surface area contributed by atoms with Crippen molar-refractivity contribution in [2.24, 2.45) is 0 Å². The second kappa shape index (κ2) is 7.25. The normalized spacial score (nSPS) is 11.4. The van der Waals surface area contributed by atoms with E-state index in [-0.39, 0.29) is 0 Å². The largest absolute Gasteiger partial charge is 0.383 e. The maximum Gasteiger partial charge on any atom is 0.169 e. The van der Waals surface area contributed by atoms with Crippen molar-refractivity contribution in [1.82, 2.24) is 14.5 Å². The first kappa shape index (κ1) is 16.1. The molecule has 4 rings (SSSR count). The molecule has 5 heteroatoms. The van der Waals surface area contributed by atoms with Gasteiger partial charge in [0.1, 0.15) is 0 Å². The zero-order valence-corrected chi connectivity index (χ0v) is 14.9. The molecule has 0 spiro atoms. The first-order valence-electron chi connectivity index (χ1n) is 8.26. The van der Waals surface area contributed by atoms with Gasteiger partial charge in [-0.2, -0.15) is 0 Å². The predicted octanol–water partition coefficient (Wildman–Crippen LogP) is 4.52. The summed E-state index contributed by atoms with van der Waals surface area (Å²) in [6, 6.07) is 18.7. The minimum Gasteiger partial charge on any atom is -0.383 e. The van der Waals surface area contributed by atoms with E-state index in [0.717, 1.165) is 34.0 Å². The van der Waals surface area contributed by atoms with Crippen LogP contribution in [0.1, 0.15) is 5.56 Å². The smallest absolute Gasteiger partial charge is 0.169 e. The third-order valence-electron chi connectivity index (χ3n) is 4.21. The molecule has 0 aliphatic heterocycles. The van der Waals surface area contributed by atoms with Crippen molar-refractivity contribution in [2.45, 2.75) is 17.5 Å². The van der Waals surface area contributed by atoms with Crippen molar-refractivity contribution < 1.29 is 4.74 Å². The molecule has 0 aliphatic rings. The van der Waals surface area contributed by atoms with Gasteiger partial charge in [-0.1, -0.05) is 48.2 Å². The van der Waals surface area contributed by atoms with Crippen molar-refractivity contribution in [1.29, 1.82) is 0 Å². The van der Waals surface area contributed by atoms with Gasteiger partial charge in [0.2, 0.25) is 0 Å². The summed E-state index contributed by atoms with van der Waals surface area (Å²) in [5.74, 6) is 0.838. The van der Waals surface area contributed by atoms with Gasteiger partial charge in [0, 0.05) is 31.0 Å². The van der Waals surface area contributed by atoms with Crippen molar-refractivity contribution in [3.05, 3.63) is 66.4 Å². The molecule has 0 N–H and O–H groups in total. The lowest BCUT2D eigenvalue weighted by atomic mass is 10.1. The Morgan fingerprint density at radius 2 is 1.92 bits per heavy atom. The lowest BCUT2D eigenvalue weighted by molar-refractivity contribution is 0.186. The fraction of sp³-hybridized carbons (Fsp3) is 0.200. The average Bonchev–Trinajstić information content (AvgIpc) is 3.02. The van der Waals surface area contributed by atoms with Gasteiger partial charge in [-0.25, -0.2) is 4.98 Å². The number of pyridine rings is 1. The molecule has 0 saturated carbocycles. The average molecular weight is 349 g/mol. The molecule has 0 aliphatic carbocycles. The van der Waals surface area contributed by atoms with E-state index in [2.05, 4.69) is 52.0 Å². The van der Waals surface area contributed by atoms with Crippen LogP contribution in [0.15, 0.2) is 66.0 Å². The Hall–Kier alpha value is -2.37. The van der Waals surface area contributed by atoms with Crippen LogP contribution in [0.25, 0.3) is 21.9 Å². The summed E-state index contributed by atoms with van der Waals surface area (Å²) in [6.45, 7) is 1.47. The van der Waals surface area contributed by atoms with E-state index < -0.39 is 0 Å². The van der Waals surface area contributed by atoms with Gasteiger partial charge in [-0.15, -0.1) is 0 Å². The molecular weight excluding hydrogens is 330 g/mol. The van der Waals surface area contributed by atoms with Gasteiger partial charge < -0.3 is 9.30 Å². The second-order valence-corrected chi connectivity index (χ2v) is 6.75. The Morgan fingerprint density at radius 1 is 1.04 bits per heavy atom. The van der Waals surface area contributed by atoms with E-state index in [4.69, 9.17) is 9.72 Å². The Kier molecular flexibility index (Phi) is 4.68. The van der Waals surface area contributed by atoms with Crippen molar-refractivity contribution >= 4 is 33.7 Å². The maximum absolute atomic E-state index is 5.27. The van der Waals surface area contributed by atoms with E-state index in [1.54, 1.807) is 18.9 Å². The Bertz CT molecular complexity index is 1010. The number of fused-ring (bicyclic) bond motifs is 2. The SMILES string of the molecule is COCCn1c(SCc2cccc3cccnc23)nc2ccccc21. The molecule has 0 radical (unpaired) electrons. The monoisotopic (exact) mass is 349 g/mol. The zero-order chi connectivity index (χ0) is 17.1. The first-order valence-corrected chi connectivity index (χ1v) is 9.25. The van der Waals surface area contributed by atoms with Gasteiger partial charge in [0.25, 0.3) is 0 Å². The van der Waals surface area contributed by atoms with Crippen LogP contribution < -0.4 is 0 Å². The van der Waals surface area contributed by atoms with E-state index in [1.807, 2.05) is 18.3 Å². The molecule has 0 saturated heterocycles. The minimum atomic E-state index is 0.670. The lowest BCUT2D eigenvalue weighted by Gasteiger charge is -2.09. The molecule has 4 aromatic rings. The number of nitrogens with zero attached hydrogens (tertiary/aromatic N) is 3. The Labute approximate surface area is 150 Å². The standard InChI is InChI=1S/C20H19N3OS/c1-24-13-12-23-18-10-3-2-9-17(18)22-20(23)25-14-16-7-4-6-15-8-5-11-21-19(15)16/h2-11H,12-14H2,1H3. The number of benzene rings is 2. The highest BCUT2D eigenvalue weighted by atomic mass is 32.2. The molecule has 0 fully saturated rings. The molecule has 2 aromatic heterocycles. The summed E-state index contributed by atoms with van der Waals surface area (Å²) >= 11 is 1.75. The minimum absolute atomic E-state index is 0.670. The summed E-state index contributed by atoms with van der Waals surface area (Å²) in [4.78, 5) is 9.36. The number of aromatic nitrogens is 3. The molecule has 2 aromatic carbocycles. The fourth-order valence-corrected chi connectivity index (χ4v) is 4.01. The van der Waals surface area contributed by atoms with Crippen LogP contribution in [0.2, 0.25) is 0 Å². The Balaban J connectivity index is 1.66. The van der Waals surface area contributed by atoms with Crippen LogP contribution in [0.4, 0.5) is 0 Å². The molecule has 2 heterocycles. The van der Waals surface area contributed by atoms with Crippen LogP contribution in [0.3, 0.4) is 0 Å². The fourth-order valence-electron chi connectivity index (χ4n) is 2.99. The number of thioether (sulfide) groups is 1. The molecule has 0 amide bonds. The second-order valence-electron chi connectivity index (χ2n) is 5.81. The van der Waals surface area contributed by atoms with Crippen LogP contribution in [-0.4, -0.2) is 28.3 Å². The van der Waals surface area contributed by atoms with E-state index in [9.17, 15) is 0 Å². The summed E-state index contributed by atoms with van der Waals surface area (Å²) in [5.41, 5.74) is 4.47.